The molecule has 1 aliphatic rings. The van der Waals surface area contributed by atoms with Crippen molar-refractivity contribution in [2.24, 2.45) is 13.0 Å². The average molecular weight is 261 g/mol. The van der Waals surface area contributed by atoms with E-state index in [1.807, 2.05) is 17.9 Å². The first-order valence-corrected chi connectivity index (χ1v) is 7.45. The molecule has 0 aliphatic carbocycles. The Morgan fingerprint density at radius 1 is 1.44 bits per heavy atom. The maximum atomic E-state index is 4.24. The van der Waals surface area contributed by atoms with Crippen molar-refractivity contribution in [3.8, 4) is 0 Å². The van der Waals surface area contributed by atoms with Crippen LogP contribution in [0.15, 0.2) is 29.2 Å². The Kier molecular flexibility index (Phi) is 3.48. The van der Waals surface area contributed by atoms with Gasteiger partial charge < -0.3 is 0 Å². The Morgan fingerprint density at radius 2 is 2.39 bits per heavy atom. The van der Waals surface area contributed by atoms with Crippen molar-refractivity contribution in [2.45, 2.75) is 19.4 Å². The molecule has 0 unspecified atom stereocenters. The maximum absolute atomic E-state index is 4.24. The molecule has 0 aromatic carbocycles. The summed E-state index contributed by atoms with van der Waals surface area (Å²) in [6.45, 7) is 3.58. The van der Waals surface area contributed by atoms with Crippen molar-refractivity contribution in [2.75, 3.05) is 13.1 Å². The largest absolute Gasteiger partial charge is 0.299 e. The van der Waals surface area contributed by atoms with Gasteiger partial charge in [0, 0.05) is 26.3 Å². The molecule has 1 fully saturated rings. The molecular formula is C14H19N3S. The lowest BCUT2D eigenvalue weighted by Gasteiger charge is -2.14. The van der Waals surface area contributed by atoms with Crippen molar-refractivity contribution in [1.29, 1.82) is 0 Å². The van der Waals surface area contributed by atoms with Crippen LogP contribution in [0.4, 0.5) is 0 Å². The van der Waals surface area contributed by atoms with Crippen molar-refractivity contribution in [3.63, 3.8) is 0 Å². The molecule has 0 saturated carbocycles. The van der Waals surface area contributed by atoms with Crippen molar-refractivity contribution in [1.82, 2.24) is 14.7 Å². The molecule has 2 aromatic heterocycles. The molecule has 2 aromatic rings. The summed E-state index contributed by atoms with van der Waals surface area (Å²) in [6, 6.07) is 2.24. The minimum Gasteiger partial charge on any atom is -0.299 e. The van der Waals surface area contributed by atoms with E-state index in [0.29, 0.717) is 0 Å². The topological polar surface area (TPSA) is 21.1 Å². The average Bonchev–Trinajstić information content (AvgIpc) is 3.04. The highest BCUT2D eigenvalue weighted by Gasteiger charge is 2.22. The minimum atomic E-state index is 0.799. The van der Waals surface area contributed by atoms with Gasteiger partial charge in [-0.3, -0.25) is 9.58 Å². The summed E-state index contributed by atoms with van der Waals surface area (Å²) in [6.07, 6.45) is 6.63. The van der Waals surface area contributed by atoms with Crippen LogP contribution in [0.3, 0.4) is 0 Å². The summed E-state index contributed by atoms with van der Waals surface area (Å²) < 4.78 is 1.90. The first-order valence-electron chi connectivity index (χ1n) is 6.50. The third kappa shape index (κ3) is 2.82. The van der Waals surface area contributed by atoms with Crippen LogP contribution in [0.5, 0.6) is 0 Å². The Hall–Kier alpha value is -1.13. The Morgan fingerprint density at radius 3 is 3.11 bits per heavy atom. The predicted molar refractivity (Wildman–Crippen MR) is 74.6 cm³/mol. The van der Waals surface area contributed by atoms with Gasteiger partial charge in [-0.2, -0.15) is 16.4 Å². The highest BCUT2D eigenvalue weighted by atomic mass is 32.1. The number of hydrogen-bond acceptors (Lipinski definition) is 3. The molecule has 0 spiro atoms. The molecule has 3 heterocycles. The minimum absolute atomic E-state index is 0.799. The molecule has 0 bridgehead atoms. The van der Waals surface area contributed by atoms with E-state index in [9.17, 15) is 0 Å². The van der Waals surface area contributed by atoms with Crippen LogP contribution in [0.1, 0.15) is 17.5 Å². The second-order valence-electron chi connectivity index (χ2n) is 5.25. The van der Waals surface area contributed by atoms with Crippen LogP contribution in [-0.2, 0) is 20.0 Å². The third-order valence-electron chi connectivity index (χ3n) is 3.64. The molecule has 1 aliphatic heterocycles. The molecule has 1 atom stereocenters. The molecule has 96 valence electrons. The zero-order valence-electron chi connectivity index (χ0n) is 10.7. The normalized spacial score (nSPS) is 20.6. The highest BCUT2D eigenvalue weighted by Crippen LogP contribution is 2.22. The van der Waals surface area contributed by atoms with Crippen molar-refractivity contribution < 1.29 is 0 Å². The number of aryl methyl sites for hydroxylation is 1. The number of nitrogens with zero attached hydrogens (tertiary/aromatic N) is 3. The molecule has 4 heteroatoms. The van der Waals surface area contributed by atoms with Crippen LogP contribution in [-0.4, -0.2) is 27.8 Å². The van der Waals surface area contributed by atoms with Crippen LogP contribution in [0, 0.1) is 5.92 Å². The fourth-order valence-corrected chi connectivity index (χ4v) is 3.43. The molecular weight excluding hydrogens is 242 g/mol. The summed E-state index contributed by atoms with van der Waals surface area (Å²) in [5.41, 5.74) is 2.84. The molecule has 0 radical (unpaired) electrons. The molecule has 3 rings (SSSR count). The first-order chi connectivity index (χ1) is 8.79. The van der Waals surface area contributed by atoms with Crippen LogP contribution >= 0.6 is 11.3 Å². The number of hydrogen-bond donors (Lipinski definition) is 0. The van der Waals surface area contributed by atoms with E-state index in [4.69, 9.17) is 0 Å². The van der Waals surface area contributed by atoms with Crippen LogP contribution < -0.4 is 0 Å². The smallest absolute Gasteiger partial charge is 0.0521 e. The molecule has 0 amide bonds. The summed E-state index contributed by atoms with van der Waals surface area (Å²) in [7, 11) is 1.99. The SMILES string of the molecule is Cn1cc(C[C@@H]2CCN(Cc3ccsc3)C2)cn1. The fourth-order valence-electron chi connectivity index (χ4n) is 2.77. The van der Waals surface area contributed by atoms with Gasteiger partial charge in [-0.1, -0.05) is 0 Å². The lowest BCUT2D eigenvalue weighted by Crippen LogP contribution is -2.20. The van der Waals surface area contributed by atoms with E-state index in [2.05, 4.69) is 33.0 Å². The van der Waals surface area contributed by atoms with E-state index >= 15 is 0 Å². The maximum Gasteiger partial charge on any atom is 0.0521 e. The van der Waals surface area contributed by atoms with E-state index in [1.54, 1.807) is 11.3 Å². The summed E-state index contributed by atoms with van der Waals surface area (Å²) in [4.78, 5) is 2.57. The Balaban J connectivity index is 1.52. The van der Waals surface area contributed by atoms with E-state index in [-0.39, 0.29) is 0 Å². The highest BCUT2D eigenvalue weighted by molar-refractivity contribution is 7.07. The Labute approximate surface area is 112 Å². The number of aromatic nitrogens is 2. The lowest BCUT2D eigenvalue weighted by atomic mass is 10.0. The second-order valence-corrected chi connectivity index (χ2v) is 6.03. The van der Waals surface area contributed by atoms with E-state index < -0.39 is 0 Å². The number of thiophene rings is 1. The van der Waals surface area contributed by atoms with Gasteiger partial charge in [0.15, 0.2) is 0 Å². The van der Waals surface area contributed by atoms with Crippen LogP contribution in [0.2, 0.25) is 0 Å². The fraction of sp³-hybridized carbons (Fsp3) is 0.500. The van der Waals surface area contributed by atoms with Gasteiger partial charge in [-0.25, -0.2) is 0 Å². The van der Waals surface area contributed by atoms with Crippen molar-refractivity contribution in [3.05, 3.63) is 40.3 Å². The standard InChI is InChI=1S/C14H19N3S/c1-16-8-14(7-15-16)6-12-2-4-17(9-12)10-13-3-5-18-11-13/h3,5,7-8,11-12H,2,4,6,9-10H2,1H3/t12-/m0/s1. The first kappa shape index (κ1) is 11.9. The van der Waals surface area contributed by atoms with Gasteiger partial charge in [0.2, 0.25) is 0 Å². The molecule has 3 nitrogen and oxygen atoms in total. The lowest BCUT2D eigenvalue weighted by molar-refractivity contribution is 0.317. The van der Waals surface area contributed by atoms with E-state index in [1.165, 1.54) is 37.1 Å². The molecule has 0 N–H and O–H groups in total. The van der Waals surface area contributed by atoms with Gasteiger partial charge in [0.05, 0.1) is 6.20 Å². The van der Waals surface area contributed by atoms with Gasteiger partial charge in [-0.15, -0.1) is 0 Å². The second kappa shape index (κ2) is 5.24. The van der Waals surface area contributed by atoms with Gasteiger partial charge in [-0.05, 0) is 53.3 Å². The molecule has 1 saturated heterocycles. The Bertz CT molecular complexity index is 489. The van der Waals surface area contributed by atoms with Crippen molar-refractivity contribution >= 4 is 11.3 Å². The third-order valence-corrected chi connectivity index (χ3v) is 4.37. The zero-order chi connectivity index (χ0) is 12.4. The number of rotatable bonds is 4. The van der Waals surface area contributed by atoms with Gasteiger partial charge in [0.1, 0.15) is 0 Å². The summed E-state index contributed by atoms with van der Waals surface area (Å²) in [5.74, 6) is 0.799. The van der Waals surface area contributed by atoms with Gasteiger partial charge >= 0.3 is 0 Å². The quantitative estimate of drug-likeness (QED) is 0.843. The summed E-state index contributed by atoms with van der Waals surface area (Å²) >= 11 is 1.79. The van der Waals surface area contributed by atoms with E-state index in [0.717, 1.165) is 12.5 Å². The van der Waals surface area contributed by atoms with Crippen LogP contribution in [0.25, 0.3) is 0 Å². The monoisotopic (exact) mass is 261 g/mol. The predicted octanol–water partition coefficient (Wildman–Crippen LogP) is 2.55. The zero-order valence-corrected chi connectivity index (χ0v) is 11.6. The summed E-state index contributed by atoms with van der Waals surface area (Å²) in [5, 5.41) is 8.67. The van der Waals surface area contributed by atoms with Gasteiger partial charge in [0.25, 0.3) is 0 Å². The molecule has 18 heavy (non-hydrogen) atoms. The number of likely N-dealkylation sites (tertiary alicyclic amines) is 1.